The lowest BCUT2D eigenvalue weighted by Crippen LogP contribution is -2.15. The van der Waals surface area contributed by atoms with Crippen LogP contribution in [0.2, 0.25) is 5.02 Å². The van der Waals surface area contributed by atoms with E-state index in [-0.39, 0.29) is 28.3 Å². The van der Waals surface area contributed by atoms with Crippen molar-refractivity contribution in [3.8, 4) is 23.2 Å². The first kappa shape index (κ1) is 22.9. The van der Waals surface area contributed by atoms with Gasteiger partial charge in [-0.05, 0) is 38.2 Å². The Labute approximate surface area is 182 Å². The number of methoxy groups -OCH3 is 1. The van der Waals surface area contributed by atoms with Crippen LogP contribution in [0.5, 0.6) is 17.5 Å². The number of hydrogen-bond donors (Lipinski definition) is 2. The maximum Gasteiger partial charge on any atom is 0.206 e. The molecule has 1 aliphatic rings. The molecule has 5 nitrogen and oxygen atoms in total. The Kier molecular flexibility index (Phi) is 7.67. The third-order valence-electron chi connectivity index (χ3n) is 5.25. The summed E-state index contributed by atoms with van der Waals surface area (Å²) in [5.41, 5.74) is 1.11. The molecule has 30 heavy (non-hydrogen) atoms. The first-order chi connectivity index (χ1) is 14.4. The number of halogens is 2. The molecule has 0 radical (unpaired) electrons. The molecule has 2 N–H and O–H groups in total. The van der Waals surface area contributed by atoms with Crippen LogP contribution < -0.4 is 4.74 Å². The van der Waals surface area contributed by atoms with Crippen LogP contribution in [0, 0.1) is 5.82 Å². The monoisotopic (exact) mass is 455 g/mol. The van der Waals surface area contributed by atoms with E-state index in [2.05, 4.69) is 6.92 Å². The second-order valence-corrected chi connectivity index (χ2v) is 10.5. The Bertz CT molecular complexity index is 931. The smallest absolute Gasteiger partial charge is 0.206 e. The Balaban J connectivity index is 1.96. The number of ether oxygens (including phenoxy) is 2. The summed E-state index contributed by atoms with van der Waals surface area (Å²) in [6.07, 6.45) is 7.96. The van der Waals surface area contributed by atoms with Gasteiger partial charge in [0.1, 0.15) is 17.4 Å². The number of nitrogens with zero attached hydrogens (tertiary/aromatic N) is 1. The number of hydrogen-bond acceptors (Lipinski definition) is 4. The van der Waals surface area contributed by atoms with Gasteiger partial charge in [-0.2, -0.15) is 0 Å². The molecule has 1 aromatic carbocycles. The molecule has 2 atom stereocenters. The van der Waals surface area contributed by atoms with Crippen molar-refractivity contribution >= 4 is 25.6 Å². The Morgan fingerprint density at radius 3 is 2.70 bits per heavy atom. The molecule has 1 heterocycles. The van der Waals surface area contributed by atoms with Crippen molar-refractivity contribution in [3.05, 3.63) is 40.2 Å². The van der Waals surface area contributed by atoms with Crippen molar-refractivity contribution in [3.63, 3.8) is 0 Å². The van der Waals surface area contributed by atoms with Crippen LogP contribution in [0.1, 0.15) is 37.8 Å². The zero-order valence-corrected chi connectivity index (χ0v) is 19.1. The first-order valence-corrected chi connectivity index (χ1v) is 12.3. The van der Waals surface area contributed by atoms with Gasteiger partial charge in [-0.3, -0.25) is 0 Å². The van der Waals surface area contributed by atoms with E-state index in [1.807, 2.05) is 13.0 Å². The van der Waals surface area contributed by atoms with E-state index in [1.165, 1.54) is 6.07 Å². The quantitative estimate of drug-likeness (QED) is 0.462. The Morgan fingerprint density at radius 2 is 2.03 bits per heavy atom. The third kappa shape index (κ3) is 4.61. The minimum atomic E-state index is -0.655. The van der Waals surface area contributed by atoms with Gasteiger partial charge in [0.2, 0.25) is 11.8 Å². The predicted molar refractivity (Wildman–Crippen MR) is 120 cm³/mol. The zero-order valence-electron chi connectivity index (χ0n) is 17.5. The molecule has 0 saturated carbocycles. The highest BCUT2D eigenvalue weighted by atomic mass is 35.5. The fourth-order valence-corrected chi connectivity index (χ4v) is 6.10. The molecular weight excluding hydrogens is 428 g/mol. The average Bonchev–Trinajstić information content (AvgIpc) is 2.98. The van der Waals surface area contributed by atoms with Gasteiger partial charge >= 0.3 is 0 Å². The molecule has 2 unspecified atom stereocenters. The van der Waals surface area contributed by atoms with E-state index >= 15 is 0 Å². The van der Waals surface area contributed by atoms with Gasteiger partial charge in [0, 0.05) is 24.3 Å². The molecule has 1 aromatic heterocycles. The number of aromatic nitrogens is 1. The van der Waals surface area contributed by atoms with Gasteiger partial charge in [-0.1, -0.05) is 45.0 Å². The van der Waals surface area contributed by atoms with Gasteiger partial charge in [-0.25, -0.2) is 8.96 Å². The van der Waals surface area contributed by atoms with Crippen LogP contribution >= 0.6 is 19.5 Å². The molecule has 0 amide bonds. The lowest BCUT2D eigenvalue weighted by molar-refractivity contribution is 0.216. The fourth-order valence-electron chi connectivity index (χ4n) is 3.70. The van der Waals surface area contributed by atoms with E-state index in [9.17, 15) is 14.6 Å². The van der Waals surface area contributed by atoms with E-state index in [4.69, 9.17) is 21.1 Å². The highest BCUT2D eigenvalue weighted by molar-refractivity contribution is 7.58. The van der Waals surface area contributed by atoms with Gasteiger partial charge in [-0.15, -0.1) is 0 Å². The summed E-state index contributed by atoms with van der Waals surface area (Å²) in [4.78, 5) is 0. The van der Waals surface area contributed by atoms with Crippen LogP contribution in [0.15, 0.2) is 18.2 Å². The van der Waals surface area contributed by atoms with Gasteiger partial charge in [0.15, 0.2) is 0 Å². The lowest BCUT2D eigenvalue weighted by atomic mass is 10.0. The molecule has 0 fully saturated rings. The molecule has 0 aliphatic heterocycles. The molecule has 0 spiro atoms. The number of benzene rings is 1. The number of aromatic hydroxyl groups is 2. The van der Waals surface area contributed by atoms with Crippen LogP contribution in [0.4, 0.5) is 4.39 Å². The van der Waals surface area contributed by atoms with E-state index in [1.54, 1.807) is 13.2 Å². The summed E-state index contributed by atoms with van der Waals surface area (Å²) < 4.78 is 27.3. The van der Waals surface area contributed by atoms with E-state index in [0.29, 0.717) is 29.9 Å². The van der Waals surface area contributed by atoms with E-state index in [0.717, 1.165) is 35.8 Å². The predicted octanol–water partition coefficient (Wildman–Crippen LogP) is 5.90. The lowest BCUT2D eigenvalue weighted by Gasteiger charge is -2.26. The Hall–Kier alpha value is -1.75. The van der Waals surface area contributed by atoms with Crippen molar-refractivity contribution in [2.45, 2.75) is 39.0 Å². The zero-order chi connectivity index (χ0) is 21.8. The SMILES string of the molecule is CCCP(CCOC)C(C)Oc1cc(-n2c(O)c3c(c2O)CCC=C3)c(F)cc1Cl. The molecule has 3 rings (SSSR count). The van der Waals surface area contributed by atoms with Crippen LogP contribution in [0.3, 0.4) is 0 Å². The third-order valence-corrected chi connectivity index (χ3v) is 8.46. The summed E-state index contributed by atoms with van der Waals surface area (Å²) >= 11 is 6.27. The highest BCUT2D eigenvalue weighted by Crippen LogP contribution is 2.45. The van der Waals surface area contributed by atoms with Crippen molar-refractivity contribution in [1.82, 2.24) is 4.57 Å². The van der Waals surface area contributed by atoms with Crippen LogP contribution in [0.25, 0.3) is 11.8 Å². The molecule has 0 saturated heterocycles. The first-order valence-electron chi connectivity index (χ1n) is 10.1. The summed E-state index contributed by atoms with van der Waals surface area (Å²) in [5.74, 6) is -0.805. The molecule has 164 valence electrons. The van der Waals surface area contributed by atoms with Gasteiger partial charge < -0.3 is 19.7 Å². The molecule has 8 heteroatoms. The van der Waals surface area contributed by atoms with Crippen molar-refractivity contribution < 1.29 is 24.1 Å². The summed E-state index contributed by atoms with van der Waals surface area (Å²) in [6.45, 7) is 4.78. The fraction of sp³-hybridized carbons (Fsp3) is 0.455. The van der Waals surface area contributed by atoms with Gasteiger partial charge in [0.25, 0.3) is 0 Å². The number of allylic oxidation sites excluding steroid dienone is 1. The maximum absolute atomic E-state index is 14.8. The molecule has 1 aliphatic carbocycles. The van der Waals surface area contributed by atoms with Crippen molar-refractivity contribution in [2.75, 3.05) is 26.0 Å². The molecule has 2 aromatic rings. The topological polar surface area (TPSA) is 63.9 Å². The largest absolute Gasteiger partial charge is 0.494 e. The second-order valence-electron chi connectivity index (χ2n) is 7.30. The standard InChI is InChI=1S/C22H28ClFNO4P/c1-4-10-30(11-9-28-3)14(2)29-20-13-19(18(24)12-17(20)23)25-21(26)15-7-5-6-8-16(15)22(25)27/h5,7,12-14,26-27H,4,6,8-11H2,1-3H3. The van der Waals surface area contributed by atoms with Crippen molar-refractivity contribution in [1.29, 1.82) is 0 Å². The molecular formula is C22H28ClFNO4P. The normalized spacial score (nSPS) is 15.1. The minimum absolute atomic E-state index is 0.00360. The summed E-state index contributed by atoms with van der Waals surface area (Å²) in [6, 6.07) is 2.60. The number of fused-ring (bicyclic) bond motifs is 1. The second kappa shape index (κ2) is 10.0. The maximum atomic E-state index is 14.8. The summed E-state index contributed by atoms with van der Waals surface area (Å²) in [7, 11) is 1.22. The van der Waals surface area contributed by atoms with Crippen LogP contribution in [-0.2, 0) is 11.2 Å². The Morgan fingerprint density at radius 1 is 1.27 bits per heavy atom. The highest BCUT2D eigenvalue weighted by Gasteiger charge is 2.26. The summed E-state index contributed by atoms with van der Waals surface area (Å²) in [5, 5.41) is 21.4. The van der Waals surface area contributed by atoms with E-state index < -0.39 is 13.7 Å². The number of rotatable bonds is 9. The average molecular weight is 456 g/mol. The molecule has 0 bridgehead atoms. The van der Waals surface area contributed by atoms with Gasteiger partial charge in [0.05, 0.1) is 17.3 Å². The van der Waals surface area contributed by atoms with Crippen molar-refractivity contribution in [2.24, 2.45) is 0 Å². The minimum Gasteiger partial charge on any atom is -0.494 e. The van der Waals surface area contributed by atoms with Crippen LogP contribution in [-0.4, -0.2) is 46.7 Å².